The van der Waals surface area contributed by atoms with E-state index in [1.807, 2.05) is 0 Å². The first-order valence-corrected chi connectivity index (χ1v) is 8.53. The Hall–Kier alpha value is -3.16. The van der Waals surface area contributed by atoms with E-state index in [0.29, 0.717) is 17.1 Å². The van der Waals surface area contributed by atoms with Crippen LogP contribution in [-0.4, -0.2) is 37.8 Å². The lowest BCUT2D eigenvalue weighted by Crippen LogP contribution is -2.49. The molecule has 4 rings (SSSR count). The van der Waals surface area contributed by atoms with Crippen LogP contribution in [0.15, 0.2) is 49.1 Å². The predicted octanol–water partition coefficient (Wildman–Crippen LogP) is 3.26. The first-order valence-electron chi connectivity index (χ1n) is 8.53. The highest BCUT2D eigenvalue weighted by Gasteiger charge is 2.48. The molecule has 27 heavy (non-hydrogen) atoms. The third-order valence-electron chi connectivity index (χ3n) is 4.82. The van der Waals surface area contributed by atoms with Crippen LogP contribution in [0.25, 0.3) is 11.1 Å². The third kappa shape index (κ3) is 3.30. The number of nitrogens with zero attached hydrogens (tertiary/aromatic N) is 4. The van der Waals surface area contributed by atoms with Crippen LogP contribution >= 0.6 is 0 Å². The zero-order valence-electron chi connectivity index (χ0n) is 14.3. The summed E-state index contributed by atoms with van der Waals surface area (Å²) in [5.74, 6) is -0.204. The fourth-order valence-electron chi connectivity index (χ4n) is 3.41. The summed E-state index contributed by atoms with van der Waals surface area (Å²) in [5, 5.41) is 12.9. The molecule has 2 N–H and O–H groups in total. The molecular weight excluding hydrogens is 352 g/mol. The van der Waals surface area contributed by atoms with Gasteiger partial charge in [0.25, 0.3) is 0 Å². The van der Waals surface area contributed by atoms with E-state index in [-0.39, 0.29) is 31.0 Å². The molecule has 1 aliphatic rings. The maximum absolute atomic E-state index is 14.2. The van der Waals surface area contributed by atoms with Crippen LogP contribution in [0.3, 0.4) is 0 Å². The molecule has 0 atom stereocenters. The largest absolute Gasteiger partial charge is 0.493 e. The summed E-state index contributed by atoms with van der Waals surface area (Å²) in [5.41, 5.74) is 0.691. The number of nitrogens with one attached hydrogen (secondary N) is 1. The average Bonchev–Trinajstić information content (AvgIpc) is 2.66. The van der Waals surface area contributed by atoms with Crippen LogP contribution in [0.5, 0.6) is 5.88 Å². The van der Waals surface area contributed by atoms with Gasteiger partial charge in [-0.25, -0.2) is 23.7 Å². The second-order valence-electron chi connectivity index (χ2n) is 6.64. The zero-order chi connectivity index (χ0) is 18.9. The summed E-state index contributed by atoms with van der Waals surface area (Å²) < 4.78 is 27.8. The maximum Gasteiger partial charge on any atom is 0.222 e. The molecule has 0 bridgehead atoms. The van der Waals surface area contributed by atoms with Crippen molar-refractivity contribution in [3.05, 3.63) is 60.6 Å². The second kappa shape index (κ2) is 6.86. The molecule has 3 heterocycles. The number of alkyl halides is 1. The summed E-state index contributed by atoms with van der Waals surface area (Å²) in [6.45, 7) is 0.277. The molecule has 0 saturated heterocycles. The predicted molar refractivity (Wildman–Crippen MR) is 95.4 cm³/mol. The highest BCUT2D eigenvalue weighted by Crippen LogP contribution is 2.45. The molecule has 0 radical (unpaired) electrons. The van der Waals surface area contributed by atoms with E-state index in [2.05, 4.69) is 25.3 Å². The molecule has 0 unspecified atom stereocenters. The second-order valence-corrected chi connectivity index (χ2v) is 6.64. The Morgan fingerprint density at radius 1 is 1.07 bits per heavy atom. The normalized spacial score (nSPS) is 21.5. The lowest BCUT2D eigenvalue weighted by atomic mass is 9.65. The fourth-order valence-corrected chi connectivity index (χ4v) is 3.41. The molecule has 0 amide bonds. The SMILES string of the molecule is Oc1ncccc1-c1cnc(NCC2(c3ncccc3F)CC(F)C2)nc1. The molecule has 138 valence electrons. The zero-order valence-corrected chi connectivity index (χ0v) is 14.3. The van der Waals surface area contributed by atoms with E-state index in [0.717, 1.165) is 0 Å². The lowest BCUT2D eigenvalue weighted by Gasteiger charge is -2.43. The molecule has 0 spiro atoms. The monoisotopic (exact) mass is 369 g/mol. The first kappa shape index (κ1) is 17.3. The quantitative estimate of drug-likeness (QED) is 0.718. The van der Waals surface area contributed by atoms with Gasteiger partial charge in [-0.1, -0.05) is 0 Å². The number of halogens is 2. The van der Waals surface area contributed by atoms with Crippen molar-refractivity contribution in [2.24, 2.45) is 0 Å². The minimum Gasteiger partial charge on any atom is -0.493 e. The van der Waals surface area contributed by atoms with Gasteiger partial charge in [0.05, 0.1) is 5.69 Å². The Kier molecular flexibility index (Phi) is 4.39. The number of hydrogen-bond donors (Lipinski definition) is 2. The van der Waals surface area contributed by atoms with Crippen LogP contribution in [-0.2, 0) is 5.41 Å². The number of hydrogen-bond acceptors (Lipinski definition) is 6. The number of aromatic nitrogens is 4. The van der Waals surface area contributed by atoms with Crippen LogP contribution in [0.4, 0.5) is 14.7 Å². The number of anilines is 1. The molecule has 1 fully saturated rings. The molecule has 0 aromatic carbocycles. The van der Waals surface area contributed by atoms with E-state index < -0.39 is 17.4 Å². The van der Waals surface area contributed by atoms with Gasteiger partial charge in [0, 0.05) is 47.9 Å². The van der Waals surface area contributed by atoms with Gasteiger partial charge in [0.2, 0.25) is 11.8 Å². The van der Waals surface area contributed by atoms with Gasteiger partial charge in [0.15, 0.2) is 0 Å². The molecule has 3 aromatic heterocycles. The van der Waals surface area contributed by atoms with Gasteiger partial charge < -0.3 is 10.4 Å². The van der Waals surface area contributed by atoms with Crippen LogP contribution in [0.2, 0.25) is 0 Å². The van der Waals surface area contributed by atoms with Crippen molar-refractivity contribution in [2.45, 2.75) is 24.4 Å². The summed E-state index contributed by atoms with van der Waals surface area (Å²) in [6, 6.07) is 6.27. The van der Waals surface area contributed by atoms with E-state index in [1.54, 1.807) is 24.5 Å². The topological polar surface area (TPSA) is 83.8 Å². The Morgan fingerprint density at radius 3 is 2.44 bits per heavy atom. The highest BCUT2D eigenvalue weighted by atomic mass is 19.1. The Bertz CT molecular complexity index is 945. The Labute approximate surface area is 154 Å². The molecule has 0 aliphatic heterocycles. The Balaban J connectivity index is 1.51. The van der Waals surface area contributed by atoms with E-state index in [9.17, 15) is 13.9 Å². The third-order valence-corrected chi connectivity index (χ3v) is 4.82. The van der Waals surface area contributed by atoms with E-state index >= 15 is 0 Å². The summed E-state index contributed by atoms with van der Waals surface area (Å²) in [6.07, 6.45) is 5.55. The fraction of sp³-hybridized carbons (Fsp3) is 0.263. The van der Waals surface area contributed by atoms with Crippen LogP contribution in [0, 0.1) is 5.82 Å². The van der Waals surface area contributed by atoms with Gasteiger partial charge >= 0.3 is 0 Å². The number of pyridine rings is 2. The molecule has 3 aromatic rings. The highest BCUT2D eigenvalue weighted by molar-refractivity contribution is 5.66. The van der Waals surface area contributed by atoms with Crippen molar-refractivity contribution in [3.63, 3.8) is 0 Å². The van der Waals surface area contributed by atoms with Crippen molar-refractivity contribution < 1.29 is 13.9 Å². The smallest absolute Gasteiger partial charge is 0.222 e. The molecule has 6 nitrogen and oxygen atoms in total. The van der Waals surface area contributed by atoms with Gasteiger partial charge in [-0.3, -0.25) is 4.98 Å². The van der Waals surface area contributed by atoms with Gasteiger partial charge in [-0.2, -0.15) is 0 Å². The first-order chi connectivity index (χ1) is 13.1. The van der Waals surface area contributed by atoms with E-state index in [4.69, 9.17) is 0 Å². The van der Waals surface area contributed by atoms with Crippen LogP contribution in [0.1, 0.15) is 18.5 Å². The molecule has 8 heteroatoms. The van der Waals surface area contributed by atoms with Crippen molar-refractivity contribution in [1.82, 2.24) is 19.9 Å². The number of aromatic hydroxyl groups is 1. The lowest BCUT2D eigenvalue weighted by molar-refractivity contribution is 0.0963. The summed E-state index contributed by atoms with van der Waals surface area (Å²) >= 11 is 0. The molecule has 1 saturated carbocycles. The molecule has 1 aliphatic carbocycles. The maximum atomic E-state index is 14.2. The minimum absolute atomic E-state index is 0.102. The summed E-state index contributed by atoms with van der Waals surface area (Å²) in [7, 11) is 0. The standard InChI is InChI=1S/C19H17F2N5O/c20-13-7-19(8-13,16-15(21)4-2-5-22-16)11-26-18-24-9-12(10-25-18)14-3-1-6-23-17(14)27/h1-6,9-10,13H,7-8,11H2,(H,23,27)(H,24,25,26). The van der Waals surface area contributed by atoms with Gasteiger partial charge in [-0.15, -0.1) is 0 Å². The van der Waals surface area contributed by atoms with Crippen molar-refractivity contribution in [1.29, 1.82) is 0 Å². The Morgan fingerprint density at radius 2 is 1.78 bits per heavy atom. The van der Waals surface area contributed by atoms with Crippen molar-refractivity contribution >= 4 is 5.95 Å². The van der Waals surface area contributed by atoms with Gasteiger partial charge in [-0.05, 0) is 37.1 Å². The minimum atomic E-state index is -0.968. The molecular formula is C19H17F2N5O. The number of rotatable bonds is 5. The summed E-state index contributed by atoms with van der Waals surface area (Å²) in [4.78, 5) is 16.4. The average molecular weight is 369 g/mol. The van der Waals surface area contributed by atoms with Crippen molar-refractivity contribution in [3.8, 4) is 17.0 Å². The van der Waals surface area contributed by atoms with Crippen LogP contribution < -0.4 is 5.32 Å². The van der Waals surface area contributed by atoms with Crippen molar-refractivity contribution in [2.75, 3.05) is 11.9 Å². The van der Waals surface area contributed by atoms with Gasteiger partial charge in [0.1, 0.15) is 12.0 Å². The van der Waals surface area contributed by atoms with E-state index in [1.165, 1.54) is 24.5 Å².